The summed E-state index contributed by atoms with van der Waals surface area (Å²) in [5, 5.41) is 2.80. The van der Waals surface area contributed by atoms with Gasteiger partial charge in [0.2, 0.25) is 5.91 Å². The van der Waals surface area contributed by atoms with E-state index in [1.165, 1.54) is 11.8 Å². The van der Waals surface area contributed by atoms with Crippen LogP contribution in [0.1, 0.15) is 13.3 Å². The van der Waals surface area contributed by atoms with E-state index in [1.54, 1.807) is 0 Å². The van der Waals surface area contributed by atoms with Gasteiger partial charge in [0.15, 0.2) is 9.84 Å². The van der Waals surface area contributed by atoms with E-state index in [0.29, 0.717) is 18.7 Å². The first kappa shape index (κ1) is 13.6. The minimum atomic E-state index is -2.84. The summed E-state index contributed by atoms with van der Waals surface area (Å²) in [4.78, 5) is 11.3. The highest BCUT2D eigenvalue weighted by molar-refractivity contribution is 8.02. The third-order valence-corrected chi connectivity index (χ3v) is 5.51. The molecule has 0 radical (unpaired) electrons. The molecule has 0 aromatic rings. The fraction of sp³-hybridized carbons (Fsp3) is 0.700. The van der Waals surface area contributed by atoms with Crippen molar-refractivity contribution >= 4 is 27.5 Å². The summed E-state index contributed by atoms with van der Waals surface area (Å²) in [5.74, 6) is 0.744. The summed E-state index contributed by atoms with van der Waals surface area (Å²) in [7, 11) is -2.84. The number of sulfone groups is 1. The van der Waals surface area contributed by atoms with Crippen molar-refractivity contribution in [2.45, 2.75) is 18.6 Å². The second-order valence-corrected chi connectivity index (χ2v) is 7.59. The molecule has 0 aromatic heterocycles. The third-order valence-electron chi connectivity index (χ3n) is 2.23. The van der Waals surface area contributed by atoms with E-state index in [0.717, 1.165) is 5.57 Å². The van der Waals surface area contributed by atoms with Gasteiger partial charge in [-0.25, -0.2) is 8.42 Å². The van der Waals surface area contributed by atoms with Gasteiger partial charge in [-0.1, -0.05) is 12.2 Å². The molecule has 0 saturated carbocycles. The van der Waals surface area contributed by atoms with Crippen molar-refractivity contribution in [3.8, 4) is 0 Å². The van der Waals surface area contributed by atoms with Gasteiger partial charge >= 0.3 is 0 Å². The standard InChI is InChI=1S/C10H17NO3S2/c1-8(2)5-11-10(12)6-15-9-3-4-16(13,14)7-9/h9H,1,3-7H2,2H3,(H,11,12). The van der Waals surface area contributed by atoms with Crippen LogP contribution < -0.4 is 5.32 Å². The van der Waals surface area contributed by atoms with Gasteiger partial charge in [-0.05, 0) is 13.3 Å². The second kappa shape index (κ2) is 5.72. The van der Waals surface area contributed by atoms with Gasteiger partial charge in [0.1, 0.15) is 0 Å². The Morgan fingerprint density at radius 2 is 2.25 bits per heavy atom. The third kappa shape index (κ3) is 5.03. The van der Waals surface area contributed by atoms with Crippen LogP contribution in [0.25, 0.3) is 0 Å². The van der Waals surface area contributed by atoms with Gasteiger partial charge < -0.3 is 5.32 Å². The van der Waals surface area contributed by atoms with Crippen molar-refractivity contribution in [3.05, 3.63) is 12.2 Å². The molecule has 1 atom stereocenters. The maximum Gasteiger partial charge on any atom is 0.230 e. The van der Waals surface area contributed by atoms with E-state index < -0.39 is 9.84 Å². The first-order chi connectivity index (χ1) is 7.39. The van der Waals surface area contributed by atoms with Crippen LogP contribution in [0.3, 0.4) is 0 Å². The fourth-order valence-electron chi connectivity index (χ4n) is 1.39. The normalized spacial score (nSPS) is 22.9. The summed E-state index contributed by atoms with van der Waals surface area (Å²) in [5.41, 5.74) is 0.904. The predicted molar refractivity (Wildman–Crippen MR) is 67.3 cm³/mol. The Bertz CT molecular complexity index is 376. The first-order valence-corrected chi connectivity index (χ1v) is 7.99. The lowest BCUT2D eigenvalue weighted by atomic mass is 10.3. The van der Waals surface area contributed by atoms with Gasteiger partial charge in [-0.15, -0.1) is 11.8 Å². The van der Waals surface area contributed by atoms with Crippen molar-refractivity contribution in [2.75, 3.05) is 23.8 Å². The molecule has 1 heterocycles. The molecule has 4 nitrogen and oxygen atoms in total. The summed E-state index contributed by atoms with van der Waals surface area (Å²) in [6, 6.07) is 0. The Morgan fingerprint density at radius 3 is 2.75 bits per heavy atom. The molecule has 0 bridgehead atoms. The van der Waals surface area contributed by atoms with Crippen LogP contribution in [0, 0.1) is 0 Å². The highest BCUT2D eigenvalue weighted by Crippen LogP contribution is 2.23. The van der Waals surface area contributed by atoms with Crippen LogP contribution in [-0.4, -0.2) is 43.4 Å². The molecule has 0 spiro atoms. The van der Waals surface area contributed by atoms with Crippen LogP contribution in [0.5, 0.6) is 0 Å². The van der Waals surface area contributed by atoms with E-state index >= 15 is 0 Å². The minimum absolute atomic E-state index is 0.0581. The number of nitrogens with one attached hydrogen (secondary N) is 1. The average molecular weight is 263 g/mol. The van der Waals surface area contributed by atoms with E-state index in [4.69, 9.17) is 0 Å². The lowest BCUT2D eigenvalue weighted by Gasteiger charge is -2.07. The summed E-state index contributed by atoms with van der Waals surface area (Å²) in [6.45, 7) is 6.02. The predicted octanol–water partition coefficient (Wildman–Crippen LogP) is 0.599. The number of rotatable bonds is 5. The first-order valence-electron chi connectivity index (χ1n) is 5.12. The van der Waals surface area contributed by atoms with Gasteiger partial charge in [-0.2, -0.15) is 0 Å². The van der Waals surface area contributed by atoms with Crippen molar-refractivity contribution < 1.29 is 13.2 Å². The molecule has 6 heteroatoms. The number of carbonyl (C=O) groups excluding carboxylic acids is 1. The van der Waals surface area contributed by atoms with Crippen molar-refractivity contribution in [3.63, 3.8) is 0 Å². The molecular formula is C10H17NO3S2. The van der Waals surface area contributed by atoms with Gasteiger partial charge in [0.05, 0.1) is 17.3 Å². The quantitative estimate of drug-likeness (QED) is 0.738. The molecule has 1 aliphatic heterocycles. The van der Waals surface area contributed by atoms with Crippen LogP contribution in [-0.2, 0) is 14.6 Å². The number of hydrogen-bond donors (Lipinski definition) is 1. The molecule has 1 unspecified atom stereocenters. The Hall–Kier alpha value is -0.490. The molecule has 1 rings (SSSR count). The second-order valence-electron chi connectivity index (χ2n) is 4.07. The van der Waals surface area contributed by atoms with Gasteiger partial charge in [0.25, 0.3) is 0 Å². The molecule has 1 aliphatic rings. The van der Waals surface area contributed by atoms with E-state index in [2.05, 4.69) is 11.9 Å². The van der Waals surface area contributed by atoms with E-state index in [9.17, 15) is 13.2 Å². The Balaban J connectivity index is 2.20. The number of thioether (sulfide) groups is 1. The summed E-state index contributed by atoms with van der Waals surface area (Å²) >= 11 is 1.43. The number of carbonyl (C=O) groups is 1. The minimum Gasteiger partial charge on any atom is -0.352 e. The number of amides is 1. The average Bonchev–Trinajstić information content (AvgIpc) is 2.52. The zero-order valence-electron chi connectivity index (χ0n) is 9.36. The Labute approximate surface area is 101 Å². The zero-order valence-corrected chi connectivity index (χ0v) is 11.0. The molecule has 16 heavy (non-hydrogen) atoms. The monoisotopic (exact) mass is 263 g/mol. The molecule has 1 amide bonds. The lowest BCUT2D eigenvalue weighted by Crippen LogP contribution is -2.27. The molecule has 92 valence electrons. The Morgan fingerprint density at radius 1 is 1.56 bits per heavy atom. The van der Waals surface area contributed by atoms with E-state index in [1.807, 2.05) is 6.92 Å². The lowest BCUT2D eigenvalue weighted by molar-refractivity contribution is -0.118. The topological polar surface area (TPSA) is 63.2 Å². The van der Waals surface area contributed by atoms with Crippen LogP contribution >= 0.6 is 11.8 Å². The van der Waals surface area contributed by atoms with Crippen LogP contribution in [0.4, 0.5) is 0 Å². The highest BCUT2D eigenvalue weighted by atomic mass is 32.2. The maximum absolute atomic E-state index is 11.3. The van der Waals surface area contributed by atoms with Crippen LogP contribution in [0.2, 0.25) is 0 Å². The van der Waals surface area contributed by atoms with E-state index in [-0.39, 0.29) is 22.7 Å². The van der Waals surface area contributed by atoms with Crippen molar-refractivity contribution in [1.29, 1.82) is 0 Å². The van der Waals surface area contributed by atoms with Gasteiger partial charge in [0, 0.05) is 11.8 Å². The molecule has 1 saturated heterocycles. The molecule has 1 fully saturated rings. The Kier molecular flexibility index (Phi) is 4.86. The molecule has 0 aliphatic carbocycles. The smallest absolute Gasteiger partial charge is 0.230 e. The van der Waals surface area contributed by atoms with Crippen molar-refractivity contribution in [1.82, 2.24) is 5.32 Å². The largest absolute Gasteiger partial charge is 0.352 e. The molecule has 1 N–H and O–H groups in total. The highest BCUT2D eigenvalue weighted by Gasteiger charge is 2.28. The zero-order chi connectivity index (χ0) is 12.2. The summed E-state index contributed by atoms with van der Waals surface area (Å²) in [6.07, 6.45) is 0.667. The number of hydrogen-bond acceptors (Lipinski definition) is 4. The van der Waals surface area contributed by atoms with Crippen molar-refractivity contribution in [2.24, 2.45) is 0 Å². The van der Waals surface area contributed by atoms with Crippen LogP contribution in [0.15, 0.2) is 12.2 Å². The molecule has 0 aromatic carbocycles. The fourth-order valence-corrected chi connectivity index (χ4v) is 4.86. The summed E-state index contributed by atoms with van der Waals surface area (Å²) < 4.78 is 22.4. The SMILES string of the molecule is C=C(C)CNC(=O)CSC1CCS(=O)(=O)C1. The van der Waals surface area contributed by atoms with Gasteiger partial charge in [-0.3, -0.25) is 4.79 Å². The maximum atomic E-state index is 11.3. The molecular weight excluding hydrogens is 246 g/mol.